The molecule has 0 fully saturated rings. The molecule has 166 valence electrons. The van der Waals surface area contributed by atoms with Crippen LogP contribution in [0.25, 0.3) is 0 Å². The lowest BCUT2D eigenvalue weighted by molar-refractivity contribution is -0.387. The summed E-state index contributed by atoms with van der Waals surface area (Å²) in [6.07, 6.45) is -0.542. The fourth-order valence-electron chi connectivity index (χ4n) is 2.70. The zero-order valence-corrected chi connectivity index (χ0v) is 18.8. The van der Waals surface area contributed by atoms with Gasteiger partial charge in [0, 0.05) is 10.4 Å². The van der Waals surface area contributed by atoms with Gasteiger partial charge in [0.25, 0.3) is 5.69 Å². The summed E-state index contributed by atoms with van der Waals surface area (Å²) >= 11 is 1.25. The van der Waals surface area contributed by atoms with Crippen molar-refractivity contribution >= 4 is 23.5 Å². The molecule has 3 aromatic carbocycles. The number of nitrogens with zero attached hydrogens (tertiary/aromatic N) is 1. The molecule has 8 heteroatoms. The third kappa shape index (κ3) is 7.02. The minimum absolute atomic E-state index is 0.0366. The second-order valence-electron chi connectivity index (χ2n) is 8.00. The van der Waals surface area contributed by atoms with Crippen molar-refractivity contribution in [3.05, 3.63) is 88.5 Å². The summed E-state index contributed by atoms with van der Waals surface area (Å²) in [4.78, 5) is 24.3. The van der Waals surface area contributed by atoms with Crippen LogP contribution in [-0.2, 0) is 6.61 Å². The monoisotopic (exact) mass is 452 g/mol. The summed E-state index contributed by atoms with van der Waals surface area (Å²) in [5.41, 5.74) is 0.542. The fourth-order valence-corrected chi connectivity index (χ4v) is 3.60. The Kier molecular flexibility index (Phi) is 7.37. The van der Waals surface area contributed by atoms with Crippen LogP contribution in [-0.4, -0.2) is 16.6 Å². The van der Waals surface area contributed by atoms with Gasteiger partial charge in [0.1, 0.15) is 18.1 Å². The SMILES string of the molecule is CC(C)(C)NC(=O)Oc1ccc(Sc2ccc(OCc3ccccc3)cc2[N+](=O)[O-])cc1. The number of nitrogens with one attached hydrogen (secondary N) is 1. The summed E-state index contributed by atoms with van der Waals surface area (Å²) in [6.45, 7) is 5.91. The zero-order valence-electron chi connectivity index (χ0n) is 18.0. The molecule has 1 N–H and O–H groups in total. The Morgan fingerprint density at radius 1 is 1.00 bits per heavy atom. The Labute approximate surface area is 190 Å². The molecule has 7 nitrogen and oxygen atoms in total. The number of carbonyl (C=O) groups is 1. The van der Waals surface area contributed by atoms with Crippen LogP contribution in [0.15, 0.2) is 82.6 Å². The average Bonchev–Trinajstić information content (AvgIpc) is 2.73. The van der Waals surface area contributed by atoms with Gasteiger partial charge in [-0.15, -0.1) is 0 Å². The lowest BCUT2D eigenvalue weighted by atomic mass is 10.1. The molecule has 0 aliphatic rings. The molecule has 0 radical (unpaired) electrons. The van der Waals surface area contributed by atoms with E-state index in [1.165, 1.54) is 17.8 Å². The van der Waals surface area contributed by atoms with E-state index in [1.54, 1.807) is 36.4 Å². The first-order valence-electron chi connectivity index (χ1n) is 9.93. The Morgan fingerprint density at radius 2 is 1.66 bits per heavy atom. The second-order valence-corrected chi connectivity index (χ2v) is 9.11. The summed E-state index contributed by atoms with van der Waals surface area (Å²) < 4.78 is 11.0. The molecule has 0 saturated carbocycles. The van der Waals surface area contributed by atoms with Gasteiger partial charge in [-0.1, -0.05) is 42.1 Å². The lowest BCUT2D eigenvalue weighted by Gasteiger charge is -2.19. The first kappa shape index (κ1) is 23.1. The molecule has 1 amide bonds. The number of nitro groups is 1. The van der Waals surface area contributed by atoms with Crippen molar-refractivity contribution in [2.45, 2.75) is 42.7 Å². The van der Waals surface area contributed by atoms with Crippen LogP contribution in [0.4, 0.5) is 10.5 Å². The number of amides is 1. The summed E-state index contributed by atoms with van der Waals surface area (Å²) in [5.74, 6) is 0.814. The van der Waals surface area contributed by atoms with E-state index < -0.39 is 16.6 Å². The topological polar surface area (TPSA) is 90.7 Å². The second kappa shape index (κ2) is 10.2. The van der Waals surface area contributed by atoms with E-state index in [0.717, 1.165) is 10.5 Å². The Morgan fingerprint density at radius 3 is 2.28 bits per heavy atom. The third-order valence-electron chi connectivity index (χ3n) is 4.11. The van der Waals surface area contributed by atoms with Gasteiger partial charge in [0.2, 0.25) is 0 Å². The minimum atomic E-state index is -0.542. The van der Waals surface area contributed by atoms with Crippen LogP contribution in [0, 0.1) is 10.1 Å². The number of nitro benzene ring substituents is 1. The quantitative estimate of drug-likeness (QED) is 0.338. The molecule has 3 aromatic rings. The smallest absolute Gasteiger partial charge is 0.413 e. The van der Waals surface area contributed by atoms with Crippen molar-refractivity contribution in [3.63, 3.8) is 0 Å². The van der Waals surface area contributed by atoms with E-state index >= 15 is 0 Å². The zero-order chi connectivity index (χ0) is 23.1. The Balaban J connectivity index is 1.67. The summed E-state index contributed by atoms with van der Waals surface area (Å²) in [6, 6.07) is 21.2. The third-order valence-corrected chi connectivity index (χ3v) is 5.19. The Bertz CT molecular complexity index is 1080. The van der Waals surface area contributed by atoms with Gasteiger partial charge in [-0.3, -0.25) is 10.1 Å². The maximum atomic E-state index is 11.9. The number of hydrogen-bond donors (Lipinski definition) is 1. The molecule has 0 heterocycles. The van der Waals surface area contributed by atoms with E-state index in [0.29, 0.717) is 23.0 Å². The van der Waals surface area contributed by atoms with Crippen LogP contribution in [0.1, 0.15) is 26.3 Å². The van der Waals surface area contributed by atoms with Crippen molar-refractivity contribution in [2.24, 2.45) is 0 Å². The van der Waals surface area contributed by atoms with Crippen LogP contribution in [0.3, 0.4) is 0 Å². The molecule has 0 bridgehead atoms. The van der Waals surface area contributed by atoms with Crippen molar-refractivity contribution in [1.82, 2.24) is 5.32 Å². The molecular formula is C24H24N2O5S. The normalized spacial score (nSPS) is 11.0. The van der Waals surface area contributed by atoms with Gasteiger partial charge < -0.3 is 14.8 Å². The predicted molar refractivity (Wildman–Crippen MR) is 123 cm³/mol. The van der Waals surface area contributed by atoms with Gasteiger partial charge in [-0.25, -0.2) is 4.79 Å². The van der Waals surface area contributed by atoms with Crippen LogP contribution in [0.2, 0.25) is 0 Å². The first-order chi connectivity index (χ1) is 15.2. The van der Waals surface area contributed by atoms with Gasteiger partial charge in [-0.2, -0.15) is 0 Å². The summed E-state index contributed by atoms with van der Waals surface area (Å²) in [5, 5.41) is 14.3. The number of carbonyl (C=O) groups excluding carboxylic acids is 1. The molecule has 0 unspecified atom stereocenters. The van der Waals surface area contributed by atoms with E-state index in [1.807, 2.05) is 51.1 Å². The highest BCUT2D eigenvalue weighted by molar-refractivity contribution is 7.99. The minimum Gasteiger partial charge on any atom is -0.489 e. The molecule has 0 aliphatic carbocycles. The van der Waals surface area contributed by atoms with Crippen LogP contribution in [0.5, 0.6) is 11.5 Å². The molecule has 0 aliphatic heterocycles. The average molecular weight is 453 g/mol. The van der Waals surface area contributed by atoms with E-state index in [9.17, 15) is 14.9 Å². The van der Waals surface area contributed by atoms with Crippen molar-refractivity contribution in [2.75, 3.05) is 0 Å². The van der Waals surface area contributed by atoms with Crippen molar-refractivity contribution in [1.29, 1.82) is 0 Å². The van der Waals surface area contributed by atoms with Gasteiger partial charge >= 0.3 is 6.09 Å². The predicted octanol–water partition coefficient (Wildman–Crippen LogP) is 6.21. The molecule has 0 spiro atoms. The molecule has 32 heavy (non-hydrogen) atoms. The molecule has 0 atom stereocenters. The van der Waals surface area contributed by atoms with Gasteiger partial charge in [-0.05, 0) is 62.7 Å². The highest BCUT2D eigenvalue weighted by atomic mass is 32.2. The fraction of sp³-hybridized carbons (Fsp3) is 0.208. The van der Waals surface area contributed by atoms with Crippen molar-refractivity contribution in [3.8, 4) is 11.5 Å². The highest BCUT2D eigenvalue weighted by Gasteiger charge is 2.18. The summed E-state index contributed by atoms with van der Waals surface area (Å²) in [7, 11) is 0. The Hall–Kier alpha value is -3.52. The van der Waals surface area contributed by atoms with E-state index in [4.69, 9.17) is 9.47 Å². The lowest BCUT2D eigenvalue weighted by Crippen LogP contribution is -2.42. The molecule has 3 rings (SSSR count). The van der Waals surface area contributed by atoms with Crippen LogP contribution >= 0.6 is 11.8 Å². The highest BCUT2D eigenvalue weighted by Crippen LogP contribution is 2.37. The number of rotatable bonds is 7. The maximum Gasteiger partial charge on any atom is 0.413 e. The molecule has 0 aromatic heterocycles. The number of ether oxygens (including phenoxy) is 2. The van der Waals surface area contributed by atoms with E-state index in [-0.39, 0.29) is 5.69 Å². The van der Waals surface area contributed by atoms with Crippen LogP contribution < -0.4 is 14.8 Å². The van der Waals surface area contributed by atoms with Gasteiger partial charge in [0.05, 0.1) is 15.9 Å². The van der Waals surface area contributed by atoms with E-state index in [2.05, 4.69) is 5.32 Å². The first-order valence-corrected chi connectivity index (χ1v) is 10.7. The molecular weight excluding hydrogens is 428 g/mol. The maximum absolute atomic E-state index is 11.9. The van der Waals surface area contributed by atoms with Gasteiger partial charge in [0.15, 0.2) is 0 Å². The largest absolute Gasteiger partial charge is 0.489 e. The van der Waals surface area contributed by atoms with Crippen molar-refractivity contribution < 1.29 is 19.2 Å². The number of hydrogen-bond acceptors (Lipinski definition) is 6. The standard InChI is InChI=1S/C24H24N2O5S/c1-24(2,3)25-23(27)31-18-9-12-20(13-10-18)32-22-14-11-19(15-21(22)26(28)29)30-16-17-7-5-4-6-8-17/h4-15H,16H2,1-3H3,(H,25,27). The molecule has 0 saturated heterocycles. The number of benzene rings is 3.